The van der Waals surface area contributed by atoms with Crippen LogP contribution in [0.3, 0.4) is 0 Å². The van der Waals surface area contributed by atoms with Crippen molar-refractivity contribution in [2.45, 2.75) is 6.92 Å². The van der Waals surface area contributed by atoms with E-state index in [4.69, 9.17) is 9.84 Å². The summed E-state index contributed by atoms with van der Waals surface area (Å²) in [4.78, 5) is 26.4. The number of anilines is 2. The molecule has 0 spiro atoms. The van der Waals surface area contributed by atoms with E-state index in [1.165, 1.54) is 5.01 Å². The molecule has 3 aromatic rings. The van der Waals surface area contributed by atoms with Gasteiger partial charge in [-0.15, -0.1) is 0 Å². The van der Waals surface area contributed by atoms with Crippen molar-refractivity contribution in [2.24, 2.45) is 10.2 Å². The van der Waals surface area contributed by atoms with E-state index in [0.717, 1.165) is 23.0 Å². The molecule has 0 N–H and O–H groups in total. The molecule has 0 saturated carbocycles. The summed E-state index contributed by atoms with van der Waals surface area (Å²) in [6.07, 6.45) is 0. The molecule has 2 heterocycles. The second-order valence-electron chi connectivity index (χ2n) is 7.32. The predicted octanol–water partition coefficient (Wildman–Crippen LogP) is 4.78. The molecule has 0 radical (unpaired) electrons. The third kappa shape index (κ3) is 3.99. The zero-order chi connectivity index (χ0) is 23.5. The van der Waals surface area contributed by atoms with E-state index in [2.05, 4.69) is 5.10 Å². The molecule has 5 rings (SSSR count). The first-order valence-electron chi connectivity index (χ1n) is 10.7. The molecule has 0 bridgehead atoms. The number of benzene rings is 3. The van der Waals surface area contributed by atoms with Crippen molar-refractivity contribution in [3.63, 3.8) is 0 Å². The second kappa shape index (κ2) is 9.36. The molecule has 1 amide bonds. The summed E-state index contributed by atoms with van der Waals surface area (Å²) in [6.45, 7) is 1.97. The highest BCUT2D eigenvalue weighted by molar-refractivity contribution is 8.19. The van der Waals surface area contributed by atoms with Crippen LogP contribution < -0.4 is 10.0 Å². The number of para-hydroxylation sites is 2. The fraction of sp³-hybridized carbons (Fsp3) is 0.0769. The molecular formula is C26H20N4O3S. The highest BCUT2D eigenvalue weighted by Crippen LogP contribution is 2.40. The van der Waals surface area contributed by atoms with Gasteiger partial charge in [-0.3, -0.25) is 4.79 Å². The van der Waals surface area contributed by atoms with Crippen molar-refractivity contribution in [3.8, 4) is 0 Å². The van der Waals surface area contributed by atoms with Gasteiger partial charge in [0.1, 0.15) is 16.3 Å². The van der Waals surface area contributed by atoms with Crippen molar-refractivity contribution < 1.29 is 14.3 Å². The number of carbonyl (C=O) groups is 2. The molecule has 2 aliphatic rings. The van der Waals surface area contributed by atoms with Gasteiger partial charge in [0.05, 0.1) is 18.0 Å². The van der Waals surface area contributed by atoms with Gasteiger partial charge in [-0.1, -0.05) is 66.7 Å². The molecule has 0 atom stereocenters. The summed E-state index contributed by atoms with van der Waals surface area (Å²) in [5, 5.41) is 12.9. The number of ether oxygens (including phenoxy) is 1. The summed E-state index contributed by atoms with van der Waals surface area (Å²) >= 11 is 1.11. The van der Waals surface area contributed by atoms with E-state index in [1.807, 2.05) is 91.0 Å². The minimum Gasteiger partial charge on any atom is -0.461 e. The predicted molar refractivity (Wildman–Crippen MR) is 135 cm³/mol. The molecule has 34 heavy (non-hydrogen) atoms. The number of amides is 1. The lowest BCUT2D eigenvalue weighted by Crippen LogP contribution is -2.24. The van der Waals surface area contributed by atoms with E-state index >= 15 is 0 Å². The van der Waals surface area contributed by atoms with Gasteiger partial charge >= 0.3 is 5.97 Å². The Morgan fingerprint density at radius 3 is 1.97 bits per heavy atom. The van der Waals surface area contributed by atoms with Crippen LogP contribution >= 0.6 is 11.8 Å². The fourth-order valence-electron chi connectivity index (χ4n) is 3.61. The summed E-state index contributed by atoms with van der Waals surface area (Å²) < 4.78 is 5.18. The Morgan fingerprint density at radius 2 is 1.38 bits per heavy atom. The zero-order valence-corrected chi connectivity index (χ0v) is 19.1. The van der Waals surface area contributed by atoms with Crippen LogP contribution in [0.4, 0.5) is 11.4 Å². The molecule has 168 valence electrons. The van der Waals surface area contributed by atoms with E-state index in [-0.39, 0.29) is 17.6 Å². The topological polar surface area (TPSA) is 74.6 Å². The first-order valence-corrected chi connectivity index (χ1v) is 11.6. The van der Waals surface area contributed by atoms with Crippen molar-refractivity contribution in [3.05, 3.63) is 107 Å². The van der Waals surface area contributed by atoms with Crippen molar-refractivity contribution >= 4 is 45.8 Å². The number of nitrogens with zero attached hydrogens (tertiary/aromatic N) is 4. The van der Waals surface area contributed by atoms with Gasteiger partial charge < -0.3 is 4.74 Å². The number of hydrogen-bond donors (Lipinski definition) is 0. The zero-order valence-electron chi connectivity index (χ0n) is 18.3. The van der Waals surface area contributed by atoms with Crippen LogP contribution in [0.1, 0.15) is 12.5 Å². The maximum atomic E-state index is 13.8. The molecule has 7 nitrogen and oxygen atoms in total. The van der Waals surface area contributed by atoms with Crippen molar-refractivity contribution in [1.29, 1.82) is 0 Å². The number of hydrogen-bond acceptors (Lipinski definition) is 7. The fourth-order valence-corrected chi connectivity index (χ4v) is 4.57. The molecule has 0 unspecified atom stereocenters. The van der Waals surface area contributed by atoms with Crippen LogP contribution in [0.15, 0.2) is 112 Å². The quantitative estimate of drug-likeness (QED) is 0.398. The second-order valence-corrected chi connectivity index (χ2v) is 8.30. The standard InChI is InChI=1S/C26H20N4O3S/c1-2-33-26(32)23-28-30(20-16-10-5-11-17-20)25(34-23)21-22(18-12-6-3-7-13-18)27-29(24(21)31)19-14-8-4-9-15-19/h3-17H,2H2,1H3/b25-21+. The van der Waals surface area contributed by atoms with Gasteiger partial charge in [0, 0.05) is 5.56 Å². The summed E-state index contributed by atoms with van der Waals surface area (Å²) in [5.41, 5.74) is 3.03. The summed E-state index contributed by atoms with van der Waals surface area (Å²) in [7, 11) is 0. The van der Waals surface area contributed by atoms with E-state index in [0.29, 0.717) is 22.0 Å². The first-order chi connectivity index (χ1) is 16.7. The van der Waals surface area contributed by atoms with Gasteiger partial charge in [-0.2, -0.15) is 15.2 Å². The summed E-state index contributed by atoms with van der Waals surface area (Å²) in [5.74, 6) is -0.832. The lowest BCUT2D eigenvalue weighted by molar-refractivity contribution is -0.134. The molecule has 0 saturated heterocycles. The third-order valence-electron chi connectivity index (χ3n) is 5.13. The van der Waals surface area contributed by atoms with E-state index in [9.17, 15) is 9.59 Å². The Labute approximate surface area is 201 Å². The average molecular weight is 469 g/mol. The number of carbonyl (C=O) groups excluding carboxylic acids is 2. The smallest absolute Gasteiger partial charge is 0.365 e. The highest BCUT2D eigenvalue weighted by atomic mass is 32.2. The Bertz CT molecular complexity index is 1320. The molecule has 2 aliphatic heterocycles. The lowest BCUT2D eigenvalue weighted by atomic mass is 10.0. The van der Waals surface area contributed by atoms with Gasteiger partial charge in [-0.05, 0) is 43.0 Å². The largest absolute Gasteiger partial charge is 0.461 e. The number of hydrazone groups is 2. The minimum absolute atomic E-state index is 0.159. The van der Waals surface area contributed by atoms with Gasteiger partial charge in [-0.25, -0.2) is 9.80 Å². The Morgan fingerprint density at radius 1 is 0.824 bits per heavy atom. The Balaban J connectivity index is 1.68. The van der Waals surface area contributed by atoms with Crippen molar-refractivity contribution in [2.75, 3.05) is 16.6 Å². The third-order valence-corrected chi connectivity index (χ3v) is 6.14. The SMILES string of the molecule is CCOC(=O)C1=NN(c2ccccc2)/C(=C2\C(=O)N(c3ccccc3)N=C2c2ccccc2)S1. The normalized spacial score (nSPS) is 17.6. The molecular weight excluding hydrogens is 448 g/mol. The van der Waals surface area contributed by atoms with Crippen LogP contribution in [0, 0.1) is 0 Å². The molecule has 0 aromatic heterocycles. The minimum atomic E-state index is -0.535. The van der Waals surface area contributed by atoms with Gasteiger partial charge in [0.2, 0.25) is 5.04 Å². The Hall–Kier alpha value is -4.17. The van der Waals surface area contributed by atoms with Crippen LogP contribution in [0.25, 0.3) is 0 Å². The monoisotopic (exact) mass is 468 g/mol. The van der Waals surface area contributed by atoms with Gasteiger partial charge in [0.25, 0.3) is 5.91 Å². The van der Waals surface area contributed by atoms with Crippen LogP contribution in [0.5, 0.6) is 0 Å². The van der Waals surface area contributed by atoms with E-state index in [1.54, 1.807) is 11.9 Å². The molecule has 0 aliphatic carbocycles. The van der Waals surface area contributed by atoms with Gasteiger partial charge in [0.15, 0.2) is 0 Å². The lowest BCUT2D eigenvalue weighted by Gasteiger charge is -2.18. The number of thioether (sulfide) groups is 1. The number of esters is 1. The highest BCUT2D eigenvalue weighted by Gasteiger charge is 2.40. The van der Waals surface area contributed by atoms with Crippen LogP contribution in [-0.4, -0.2) is 29.2 Å². The molecule has 8 heteroatoms. The van der Waals surface area contributed by atoms with E-state index < -0.39 is 5.97 Å². The molecule has 3 aromatic carbocycles. The molecule has 0 fully saturated rings. The Kier molecular flexibility index (Phi) is 5.97. The maximum Gasteiger partial charge on any atom is 0.365 e. The van der Waals surface area contributed by atoms with Crippen molar-refractivity contribution in [1.82, 2.24) is 0 Å². The van der Waals surface area contributed by atoms with Crippen LogP contribution in [-0.2, 0) is 14.3 Å². The maximum absolute atomic E-state index is 13.8. The first kappa shape index (κ1) is 21.7. The van der Waals surface area contributed by atoms with Crippen LogP contribution in [0.2, 0.25) is 0 Å². The average Bonchev–Trinajstić information content (AvgIpc) is 3.47. The number of rotatable bonds is 5. The summed E-state index contributed by atoms with van der Waals surface area (Å²) in [6, 6.07) is 28.1.